The number of phosphoric ester groups is 2. The highest BCUT2D eigenvalue weighted by Crippen LogP contribution is 2.45. The number of hydrogen-bond donors (Lipinski definition) is 4. The fourth-order valence-electron chi connectivity index (χ4n) is 10.2. The smallest absolute Gasteiger partial charge is 0.463 e. The standard InChI is InChI=1S/C83H140O16P2/c1-4-7-10-13-16-19-22-25-27-29-31-33-35-36-37-38-39-40-42-44-45-47-49-52-54-57-60-63-66-69-81(86)93-72-78(84)73-95-100(89,90)96-74-79(85)75-97-101(91,92)98-77-80(99-83(88)71-68-65-62-59-56-51-24-21-18-15-12-9-6-3)76-94-82(87)70-67-64-61-58-55-53-50-48-46-43-41-34-32-30-28-26-23-20-17-14-11-8-5-2/h7-8,10-11,16-17,19-20,25-28,31-34,36-37,39-40,43,46,50,53,78-80,84-85H,4-6,9,12-15,18,21-24,29-30,35,38,41-42,44-45,47-49,51-52,54-77H2,1-3H3,(H,89,90)(H,91,92)/b10-7-,11-8-,19-16-,20-17-,27-25-,28-26-,33-31-,34-32-,37-36-,40-39-,46-43-,53-50-. The maximum atomic E-state index is 12.9. The van der Waals surface area contributed by atoms with E-state index in [4.69, 9.17) is 32.3 Å². The average molecular weight is 1460 g/mol. The first-order valence-electron chi connectivity index (χ1n) is 39.1. The molecule has 18 heteroatoms. The lowest BCUT2D eigenvalue weighted by atomic mass is 10.0. The second kappa shape index (κ2) is 75.1. The van der Waals surface area contributed by atoms with Crippen LogP contribution in [0.2, 0.25) is 0 Å². The van der Waals surface area contributed by atoms with Crippen LogP contribution in [0.1, 0.15) is 303 Å². The van der Waals surface area contributed by atoms with E-state index in [2.05, 4.69) is 167 Å². The molecule has 0 rings (SSSR count). The van der Waals surface area contributed by atoms with Gasteiger partial charge in [-0.25, -0.2) is 9.13 Å². The van der Waals surface area contributed by atoms with Gasteiger partial charge in [0.05, 0.1) is 26.4 Å². The quantitative estimate of drug-likeness (QED) is 0.0146. The van der Waals surface area contributed by atoms with Crippen LogP contribution >= 0.6 is 15.6 Å². The van der Waals surface area contributed by atoms with Gasteiger partial charge in [-0.3, -0.25) is 32.5 Å². The van der Waals surface area contributed by atoms with Crippen LogP contribution in [0.15, 0.2) is 146 Å². The van der Waals surface area contributed by atoms with Gasteiger partial charge in [-0.05, 0) is 122 Å². The molecule has 0 aromatic carbocycles. The lowest BCUT2D eigenvalue weighted by Gasteiger charge is -2.21. The van der Waals surface area contributed by atoms with E-state index < -0.39 is 91.5 Å². The molecule has 0 aliphatic carbocycles. The minimum atomic E-state index is -4.94. The fourth-order valence-corrected chi connectivity index (χ4v) is 11.8. The van der Waals surface area contributed by atoms with E-state index in [1.165, 1.54) is 83.5 Å². The summed E-state index contributed by atoms with van der Waals surface area (Å²) in [5.74, 6) is -1.61. The van der Waals surface area contributed by atoms with Gasteiger partial charge in [0.1, 0.15) is 25.4 Å². The molecule has 5 unspecified atom stereocenters. The predicted octanol–water partition coefficient (Wildman–Crippen LogP) is 22.9. The van der Waals surface area contributed by atoms with Crippen molar-refractivity contribution in [2.24, 2.45) is 0 Å². The molecule has 0 spiro atoms. The van der Waals surface area contributed by atoms with Crippen molar-refractivity contribution in [2.75, 3.05) is 39.6 Å². The van der Waals surface area contributed by atoms with Crippen molar-refractivity contribution in [3.8, 4) is 0 Å². The van der Waals surface area contributed by atoms with Gasteiger partial charge < -0.3 is 34.2 Å². The third-order valence-corrected chi connectivity index (χ3v) is 18.0. The average Bonchev–Trinajstić information content (AvgIpc) is 0.933. The molecule has 0 amide bonds. The van der Waals surface area contributed by atoms with Crippen molar-refractivity contribution >= 4 is 33.6 Å². The fraction of sp³-hybridized carbons (Fsp3) is 0.675. The Kier molecular flexibility index (Phi) is 71.7. The highest BCUT2D eigenvalue weighted by Gasteiger charge is 2.29. The largest absolute Gasteiger partial charge is 0.472 e. The molecular formula is C83H140O16P2. The molecule has 0 aliphatic rings. The number of carbonyl (C=O) groups is 3. The highest BCUT2D eigenvalue weighted by molar-refractivity contribution is 7.47. The summed E-state index contributed by atoms with van der Waals surface area (Å²) in [6, 6.07) is 0. The number of aliphatic hydroxyl groups is 2. The Bertz CT molecular complexity index is 2420. The number of rotatable bonds is 73. The summed E-state index contributed by atoms with van der Waals surface area (Å²) in [6.45, 7) is 2.42. The second-order valence-electron chi connectivity index (χ2n) is 25.8. The molecule has 16 nitrogen and oxygen atoms in total. The number of carbonyl (C=O) groups excluding carboxylic acids is 3. The van der Waals surface area contributed by atoms with Crippen LogP contribution in [0.25, 0.3) is 0 Å². The van der Waals surface area contributed by atoms with Gasteiger partial charge in [0.2, 0.25) is 0 Å². The maximum absolute atomic E-state index is 12.9. The Hall–Kier alpha value is -4.57. The summed E-state index contributed by atoms with van der Waals surface area (Å²) in [6.07, 6.45) is 91.8. The highest BCUT2D eigenvalue weighted by atomic mass is 31.2. The van der Waals surface area contributed by atoms with Gasteiger partial charge in [-0.15, -0.1) is 0 Å². The molecule has 578 valence electrons. The van der Waals surface area contributed by atoms with Crippen molar-refractivity contribution in [2.45, 2.75) is 322 Å². The third kappa shape index (κ3) is 76.4. The molecule has 0 aliphatic heterocycles. The van der Waals surface area contributed by atoms with Gasteiger partial charge in [-0.2, -0.15) is 0 Å². The van der Waals surface area contributed by atoms with Crippen LogP contribution in [0.3, 0.4) is 0 Å². The molecule has 0 aromatic rings. The van der Waals surface area contributed by atoms with E-state index in [9.17, 15) is 43.5 Å². The lowest BCUT2D eigenvalue weighted by molar-refractivity contribution is -0.161. The first-order valence-corrected chi connectivity index (χ1v) is 42.1. The Morgan fingerprint density at radius 3 is 0.832 bits per heavy atom. The number of esters is 3. The van der Waals surface area contributed by atoms with E-state index in [0.29, 0.717) is 19.3 Å². The summed E-state index contributed by atoms with van der Waals surface area (Å²) in [5.41, 5.74) is 0. The second-order valence-corrected chi connectivity index (χ2v) is 28.7. The van der Waals surface area contributed by atoms with Crippen molar-refractivity contribution in [1.29, 1.82) is 0 Å². The zero-order valence-corrected chi connectivity index (χ0v) is 64.8. The van der Waals surface area contributed by atoms with Gasteiger partial charge in [0, 0.05) is 19.3 Å². The summed E-state index contributed by atoms with van der Waals surface area (Å²) in [4.78, 5) is 58.6. The number of hydrogen-bond acceptors (Lipinski definition) is 14. The topological polar surface area (TPSA) is 231 Å². The van der Waals surface area contributed by atoms with Crippen molar-refractivity contribution in [3.05, 3.63) is 146 Å². The molecule has 0 saturated heterocycles. The maximum Gasteiger partial charge on any atom is 0.472 e. The van der Waals surface area contributed by atoms with Crippen LogP contribution in [0.4, 0.5) is 0 Å². The number of aliphatic hydroxyl groups excluding tert-OH is 2. The van der Waals surface area contributed by atoms with E-state index >= 15 is 0 Å². The van der Waals surface area contributed by atoms with Crippen LogP contribution in [0, 0.1) is 0 Å². The lowest BCUT2D eigenvalue weighted by Crippen LogP contribution is -2.30. The zero-order valence-electron chi connectivity index (χ0n) is 63.0. The van der Waals surface area contributed by atoms with E-state index in [-0.39, 0.29) is 19.3 Å². The Balaban J connectivity index is 4.55. The van der Waals surface area contributed by atoms with E-state index in [1.54, 1.807) is 0 Å². The molecule has 5 atom stereocenters. The predicted molar refractivity (Wildman–Crippen MR) is 417 cm³/mol. The molecule has 0 aromatic heterocycles. The van der Waals surface area contributed by atoms with Gasteiger partial charge in [0.15, 0.2) is 6.10 Å². The van der Waals surface area contributed by atoms with Gasteiger partial charge in [-0.1, -0.05) is 308 Å². The Morgan fingerprint density at radius 2 is 0.525 bits per heavy atom. The van der Waals surface area contributed by atoms with Crippen molar-refractivity contribution in [1.82, 2.24) is 0 Å². The molecule has 0 bridgehead atoms. The first kappa shape index (κ1) is 96.4. The molecule has 0 fully saturated rings. The van der Waals surface area contributed by atoms with Crippen LogP contribution in [-0.2, 0) is 55.8 Å². The summed E-state index contributed by atoms with van der Waals surface area (Å²) in [5, 5.41) is 20.6. The van der Waals surface area contributed by atoms with E-state index in [1.807, 2.05) is 0 Å². The molecular weight excluding hydrogens is 1310 g/mol. The zero-order chi connectivity index (χ0) is 73.7. The number of ether oxygens (including phenoxy) is 3. The number of unbranched alkanes of at least 4 members (excludes halogenated alkanes) is 26. The van der Waals surface area contributed by atoms with Crippen LogP contribution in [-0.4, -0.2) is 95.9 Å². The normalized spacial score (nSPS) is 14.8. The van der Waals surface area contributed by atoms with E-state index in [0.717, 1.165) is 161 Å². The monoisotopic (exact) mass is 1450 g/mol. The van der Waals surface area contributed by atoms with Crippen molar-refractivity contribution in [3.63, 3.8) is 0 Å². The number of phosphoric acid groups is 2. The van der Waals surface area contributed by atoms with Crippen LogP contribution in [0.5, 0.6) is 0 Å². The summed E-state index contributed by atoms with van der Waals surface area (Å²) in [7, 11) is -9.80. The molecule has 4 N–H and O–H groups in total. The number of allylic oxidation sites excluding steroid dienone is 24. The van der Waals surface area contributed by atoms with Gasteiger partial charge in [0.25, 0.3) is 0 Å². The Labute approximate surface area is 613 Å². The molecule has 0 saturated carbocycles. The minimum absolute atomic E-state index is 0.0981. The van der Waals surface area contributed by atoms with Crippen LogP contribution < -0.4 is 0 Å². The van der Waals surface area contributed by atoms with Crippen molar-refractivity contribution < 1.29 is 75.8 Å². The molecule has 101 heavy (non-hydrogen) atoms. The van der Waals surface area contributed by atoms with Gasteiger partial charge >= 0.3 is 33.6 Å². The summed E-state index contributed by atoms with van der Waals surface area (Å²) < 4.78 is 61.1. The third-order valence-electron chi connectivity index (χ3n) is 16.1. The summed E-state index contributed by atoms with van der Waals surface area (Å²) >= 11 is 0. The molecule has 0 radical (unpaired) electrons. The minimum Gasteiger partial charge on any atom is -0.463 e. The SMILES string of the molecule is CC/C=C\C/C=C\C/C=C\C/C=C\C/C=C\C/C=C\CCCCCCCCCCCCC(=O)OCC(O)COP(=O)(O)OCC(O)COP(=O)(O)OCC(COC(=O)CCCCCC/C=C\C/C=C\C/C=C\C/C=C\C/C=C\C/C=C\CC)OC(=O)CCCCCCCCCCCCCCC. The first-order chi connectivity index (χ1) is 49.2. The Morgan fingerprint density at radius 1 is 0.287 bits per heavy atom. The molecule has 0 heterocycles.